The van der Waals surface area contributed by atoms with Gasteiger partial charge in [0, 0.05) is 38.0 Å². The Morgan fingerprint density at radius 3 is 2.96 bits per heavy atom. The quantitative estimate of drug-likeness (QED) is 0.752. The number of aromatic nitrogens is 3. The predicted octanol–water partition coefficient (Wildman–Crippen LogP) is 2.54. The maximum Gasteiger partial charge on any atom is 0.274 e. The van der Waals surface area contributed by atoms with Gasteiger partial charge in [0.05, 0.1) is 11.2 Å². The molecule has 7 nitrogen and oxygen atoms in total. The molecule has 26 heavy (non-hydrogen) atoms. The largest absolute Gasteiger partial charge is 0.333 e. The minimum Gasteiger partial charge on any atom is -0.333 e. The molecule has 4 rings (SSSR count). The molecule has 0 aliphatic carbocycles. The van der Waals surface area contributed by atoms with Crippen LogP contribution in [0.3, 0.4) is 0 Å². The van der Waals surface area contributed by atoms with E-state index >= 15 is 0 Å². The maximum atomic E-state index is 12.8. The van der Waals surface area contributed by atoms with Crippen LogP contribution in [0.5, 0.6) is 0 Å². The molecule has 2 amide bonds. The first-order chi connectivity index (χ1) is 12.5. The Kier molecular flexibility index (Phi) is 4.08. The van der Waals surface area contributed by atoms with Crippen LogP contribution in [0.15, 0.2) is 36.7 Å². The topological polar surface area (TPSA) is 79.6 Å². The monoisotopic (exact) mass is 369 g/mol. The second-order valence-electron chi connectivity index (χ2n) is 6.21. The van der Waals surface area contributed by atoms with Crippen molar-refractivity contribution in [3.8, 4) is 0 Å². The Hall–Kier alpha value is -2.93. The summed E-state index contributed by atoms with van der Waals surface area (Å²) < 4.78 is 1.50. The van der Waals surface area contributed by atoms with E-state index in [-0.39, 0.29) is 11.8 Å². The number of benzene rings is 1. The third-order valence-corrected chi connectivity index (χ3v) is 4.56. The van der Waals surface area contributed by atoms with Gasteiger partial charge in [-0.3, -0.25) is 9.59 Å². The summed E-state index contributed by atoms with van der Waals surface area (Å²) >= 11 is 5.91. The zero-order valence-electron chi connectivity index (χ0n) is 14.1. The molecule has 3 aromatic rings. The predicted molar refractivity (Wildman–Crippen MR) is 97.2 cm³/mol. The van der Waals surface area contributed by atoms with Gasteiger partial charge in [0.15, 0.2) is 11.3 Å². The summed E-state index contributed by atoms with van der Waals surface area (Å²) in [6.45, 7) is 2.52. The first kappa shape index (κ1) is 16.5. The summed E-state index contributed by atoms with van der Waals surface area (Å²) in [5, 5.41) is 7.59. The number of hydrogen-bond donors (Lipinski definition) is 1. The van der Waals surface area contributed by atoms with Gasteiger partial charge in [-0.1, -0.05) is 23.7 Å². The van der Waals surface area contributed by atoms with Gasteiger partial charge in [-0.05, 0) is 23.6 Å². The fraction of sp³-hybridized carbons (Fsp3) is 0.222. The van der Waals surface area contributed by atoms with Gasteiger partial charge in [0.2, 0.25) is 5.91 Å². The Labute approximate surface area is 154 Å². The lowest BCUT2D eigenvalue weighted by Crippen LogP contribution is -2.36. The summed E-state index contributed by atoms with van der Waals surface area (Å²) in [5.41, 5.74) is 3.83. The van der Waals surface area contributed by atoms with Gasteiger partial charge >= 0.3 is 0 Å². The van der Waals surface area contributed by atoms with Crippen molar-refractivity contribution in [3.05, 3.63) is 58.5 Å². The second-order valence-corrected chi connectivity index (χ2v) is 6.64. The van der Waals surface area contributed by atoms with Crippen molar-refractivity contribution in [2.45, 2.75) is 19.9 Å². The van der Waals surface area contributed by atoms with Crippen molar-refractivity contribution in [1.29, 1.82) is 0 Å². The van der Waals surface area contributed by atoms with Crippen LogP contribution in [0.4, 0.5) is 5.69 Å². The van der Waals surface area contributed by atoms with E-state index in [4.69, 9.17) is 11.6 Å². The molecule has 0 atom stereocenters. The van der Waals surface area contributed by atoms with E-state index < -0.39 is 0 Å². The van der Waals surface area contributed by atoms with E-state index in [0.29, 0.717) is 35.9 Å². The summed E-state index contributed by atoms with van der Waals surface area (Å²) in [5.74, 6) is -0.255. The zero-order valence-corrected chi connectivity index (χ0v) is 14.8. The molecule has 1 N–H and O–H groups in total. The van der Waals surface area contributed by atoms with Crippen molar-refractivity contribution < 1.29 is 9.59 Å². The van der Waals surface area contributed by atoms with Crippen LogP contribution < -0.4 is 5.32 Å². The molecule has 2 aromatic heterocycles. The van der Waals surface area contributed by atoms with Crippen molar-refractivity contribution in [2.24, 2.45) is 0 Å². The van der Waals surface area contributed by atoms with Crippen LogP contribution in [0, 0.1) is 0 Å². The van der Waals surface area contributed by atoms with Gasteiger partial charge in [-0.25, -0.2) is 9.50 Å². The molecule has 1 aliphatic heterocycles. The summed E-state index contributed by atoms with van der Waals surface area (Å²) in [6, 6.07) is 7.40. The number of amides is 2. The van der Waals surface area contributed by atoms with Gasteiger partial charge in [0.25, 0.3) is 5.91 Å². The number of nitrogens with zero attached hydrogens (tertiary/aromatic N) is 4. The lowest BCUT2D eigenvalue weighted by Gasteiger charge is -2.29. The van der Waals surface area contributed by atoms with Gasteiger partial charge < -0.3 is 10.2 Å². The average molecular weight is 370 g/mol. The molecular weight excluding hydrogens is 354 g/mol. The van der Waals surface area contributed by atoms with Crippen molar-refractivity contribution in [2.75, 3.05) is 11.9 Å². The summed E-state index contributed by atoms with van der Waals surface area (Å²) in [7, 11) is 0. The fourth-order valence-corrected chi connectivity index (χ4v) is 3.35. The second kappa shape index (κ2) is 6.42. The lowest BCUT2D eigenvalue weighted by molar-refractivity contribution is -0.114. The number of hydrogen-bond acceptors (Lipinski definition) is 4. The highest BCUT2D eigenvalue weighted by Crippen LogP contribution is 2.27. The van der Waals surface area contributed by atoms with E-state index in [1.54, 1.807) is 17.2 Å². The van der Waals surface area contributed by atoms with Crippen molar-refractivity contribution in [1.82, 2.24) is 19.5 Å². The summed E-state index contributed by atoms with van der Waals surface area (Å²) in [4.78, 5) is 30.1. The van der Waals surface area contributed by atoms with E-state index in [1.165, 1.54) is 17.6 Å². The SMILES string of the molecule is CC(=O)Nc1cccc2c1CCN(C(=O)c1cc3ncc(Cl)cn3n1)C2. The van der Waals surface area contributed by atoms with Gasteiger partial charge in [-0.15, -0.1) is 0 Å². The normalized spacial score (nSPS) is 13.5. The molecule has 0 fully saturated rings. The molecule has 8 heteroatoms. The van der Waals surface area contributed by atoms with E-state index in [0.717, 1.165) is 16.8 Å². The first-order valence-electron chi connectivity index (χ1n) is 8.20. The standard InChI is InChI=1S/C18H16ClN5O2/c1-11(25)21-15-4-2-3-12-9-23(6-5-14(12)15)18(26)16-7-17-20-8-13(19)10-24(17)22-16/h2-4,7-8,10H,5-6,9H2,1H3,(H,21,25). The molecule has 0 saturated heterocycles. The minimum atomic E-state index is -0.151. The Bertz CT molecular complexity index is 1030. The Morgan fingerprint density at radius 2 is 2.15 bits per heavy atom. The molecule has 0 saturated carbocycles. The molecule has 1 aromatic carbocycles. The number of rotatable bonds is 2. The number of anilines is 1. The Balaban J connectivity index is 1.59. The molecule has 0 unspecified atom stereocenters. The van der Waals surface area contributed by atoms with Crippen LogP contribution in [0.2, 0.25) is 5.02 Å². The number of carbonyl (C=O) groups is 2. The molecule has 0 spiro atoms. The molecule has 0 radical (unpaired) electrons. The van der Waals surface area contributed by atoms with E-state index in [9.17, 15) is 9.59 Å². The highest BCUT2D eigenvalue weighted by molar-refractivity contribution is 6.30. The number of carbonyl (C=O) groups excluding carboxylic acids is 2. The van der Waals surface area contributed by atoms with Crippen LogP contribution >= 0.6 is 11.6 Å². The zero-order chi connectivity index (χ0) is 18.3. The smallest absolute Gasteiger partial charge is 0.274 e. The molecule has 3 heterocycles. The van der Waals surface area contributed by atoms with Crippen LogP contribution in [0.1, 0.15) is 28.5 Å². The number of fused-ring (bicyclic) bond motifs is 2. The maximum absolute atomic E-state index is 12.8. The van der Waals surface area contributed by atoms with E-state index in [1.807, 2.05) is 18.2 Å². The molecule has 1 aliphatic rings. The minimum absolute atomic E-state index is 0.104. The van der Waals surface area contributed by atoms with Gasteiger partial charge in [0.1, 0.15) is 0 Å². The van der Waals surface area contributed by atoms with E-state index in [2.05, 4.69) is 15.4 Å². The van der Waals surface area contributed by atoms with Crippen molar-refractivity contribution >= 4 is 34.7 Å². The highest BCUT2D eigenvalue weighted by Gasteiger charge is 2.25. The van der Waals surface area contributed by atoms with Gasteiger partial charge in [-0.2, -0.15) is 5.10 Å². The fourth-order valence-electron chi connectivity index (χ4n) is 3.21. The van der Waals surface area contributed by atoms with Crippen LogP contribution in [-0.2, 0) is 17.8 Å². The molecular formula is C18H16ClN5O2. The molecule has 0 bridgehead atoms. The lowest BCUT2D eigenvalue weighted by atomic mass is 9.97. The van der Waals surface area contributed by atoms with Crippen LogP contribution in [-0.4, -0.2) is 37.9 Å². The third-order valence-electron chi connectivity index (χ3n) is 4.36. The number of halogens is 1. The third kappa shape index (κ3) is 3.01. The summed E-state index contributed by atoms with van der Waals surface area (Å²) in [6.07, 6.45) is 3.81. The number of nitrogens with one attached hydrogen (secondary N) is 1. The van der Waals surface area contributed by atoms with Crippen LogP contribution in [0.25, 0.3) is 5.65 Å². The highest BCUT2D eigenvalue weighted by atomic mass is 35.5. The molecule has 132 valence electrons. The Morgan fingerprint density at radius 1 is 1.31 bits per heavy atom. The van der Waals surface area contributed by atoms with Crippen molar-refractivity contribution in [3.63, 3.8) is 0 Å². The first-order valence-corrected chi connectivity index (χ1v) is 8.57. The average Bonchev–Trinajstić information content (AvgIpc) is 3.03.